The second-order valence-electron chi connectivity index (χ2n) is 5.25. The molecule has 3 aromatic rings. The maximum absolute atomic E-state index is 5.41. The molecule has 0 saturated carbocycles. The van der Waals surface area contributed by atoms with Crippen molar-refractivity contribution in [2.24, 2.45) is 0 Å². The Kier molecular flexibility index (Phi) is 4.35. The van der Waals surface area contributed by atoms with Crippen LogP contribution in [0.1, 0.15) is 18.5 Å². The first kappa shape index (κ1) is 14.5. The zero-order valence-electron chi connectivity index (χ0n) is 12.4. The summed E-state index contributed by atoms with van der Waals surface area (Å²) in [7, 11) is 0. The van der Waals surface area contributed by atoms with Crippen molar-refractivity contribution in [1.29, 1.82) is 0 Å². The summed E-state index contributed by atoms with van der Waals surface area (Å²) in [6.45, 7) is 2.13. The summed E-state index contributed by atoms with van der Waals surface area (Å²) >= 11 is 5.41. The highest BCUT2D eigenvalue weighted by molar-refractivity contribution is 7.80. The Balaban J connectivity index is 1.76. The van der Waals surface area contributed by atoms with Gasteiger partial charge < -0.3 is 10.6 Å². The lowest BCUT2D eigenvalue weighted by molar-refractivity contribution is 0.729. The summed E-state index contributed by atoms with van der Waals surface area (Å²) in [6, 6.07) is 24.9. The fraction of sp³-hybridized carbons (Fsp3) is 0.105. The summed E-state index contributed by atoms with van der Waals surface area (Å²) in [5.41, 5.74) is 2.24. The maximum atomic E-state index is 5.41. The van der Waals surface area contributed by atoms with Crippen LogP contribution in [0, 0.1) is 0 Å². The first-order valence-corrected chi connectivity index (χ1v) is 7.75. The second-order valence-corrected chi connectivity index (χ2v) is 5.66. The second kappa shape index (κ2) is 6.58. The third-order valence-corrected chi connectivity index (χ3v) is 3.89. The van der Waals surface area contributed by atoms with E-state index in [0.29, 0.717) is 5.11 Å². The van der Waals surface area contributed by atoms with Gasteiger partial charge in [0.1, 0.15) is 0 Å². The number of thiocarbonyl (C=S) groups is 1. The van der Waals surface area contributed by atoms with E-state index in [1.54, 1.807) is 0 Å². The van der Waals surface area contributed by atoms with Crippen LogP contribution in [0.5, 0.6) is 0 Å². The molecule has 0 aliphatic heterocycles. The lowest BCUT2D eigenvalue weighted by atomic mass is 10.00. The zero-order chi connectivity index (χ0) is 15.4. The Labute approximate surface area is 136 Å². The van der Waals surface area contributed by atoms with Crippen LogP contribution in [0.4, 0.5) is 5.69 Å². The topological polar surface area (TPSA) is 24.1 Å². The van der Waals surface area contributed by atoms with E-state index < -0.39 is 0 Å². The molecule has 22 heavy (non-hydrogen) atoms. The zero-order valence-corrected chi connectivity index (χ0v) is 13.2. The number of rotatable bonds is 3. The molecule has 0 amide bonds. The van der Waals surface area contributed by atoms with Crippen molar-refractivity contribution >= 4 is 33.8 Å². The van der Waals surface area contributed by atoms with Gasteiger partial charge in [0.15, 0.2) is 5.11 Å². The number of hydrogen-bond donors (Lipinski definition) is 2. The predicted molar refractivity (Wildman–Crippen MR) is 98.2 cm³/mol. The molecular formula is C19H18N2S. The van der Waals surface area contributed by atoms with E-state index in [1.807, 2.05) is 30.3 Å². The minimum Gasteiger partial charge on any atom is -0.356 e. The Morgan fingerprint density at radius 1 is 0.864 bits per heavy atom. The van der Waals surface area contributed by atoms with E-state index in [0.717, 1.165) is 5.69 Å². The molecule has 0 spiro atoms. The summed E-state index contributed by atoms with van der Waals surface area (Å²) in [5, 5.41) is 9.70. The van der Waals surface area contributed by atoms with Crippen molar-refractivity contribution in [3.05, 3.63) is 78.4 Å². The molecule has 3 rings (SSSR count). The fourth-order valence-electron chi connectivity index (χ4n) is 2.59. The Morgan fingerprint density at radius 3 is 2.36 bits per heavy atom. The van der Waals surface area contributed by atoms with Crippen LogP contribution in [0.15, 0.2) is 72.8 Å². The number of fused-ring (bicyclic) bond motifs is 1. The standard InChI is InChI=1S/C19H18N2S/c1-14(20-19(22)21-16-10-3-2-4-11-16)17-13-7-9-15-8-5-6-12-18(15)17/h2-14H,1H3,(H2,20,21,22)/t14-/m0/s1. The molecule has 0 heterocycles. The van der Waals surface area contributed by atoms with E-state index in [-0.39, 0.29) is 6.04 Å². The molecule has 1 atom stereocenters. The first-order chi connectivity index (χ1) is 10.7. The van der Waals surface area contributed by atoms with Gasteiger partial charge in [-0.15, -0.1) is 0 Å². The average Bonchev–Trinajstić information content (AvgIpc) is 2.55. The molecule has 110 valence electrons. The van der Waals surface area contributed by atoms with Gasteiger partial charge in [0, 0.05) is 5.69 Å². The van der Waals surface area contributed by atoms with Crippen molar-refractivity contribution in [2.75, 3.05) is 5.32 Å². The average molecular weight is 306 g/mol. The number of hydrogen-bond acceptors (Lipinski definition) is 1. The van der Waals surface area contributed by atoms with Crippen molar-refractivity contribution in [3.8, 4) is 0 Å². The predicted octanol–water partition coefficient (Wildman–Crippen LogP) is 4.89. The summed E-state index contributed by atoms with van der Waals surface area (Å²) in [5.74, 6) is 0. The van der Waals surface area contributed by atoms with Gasteiger partial charge in [-0.2, -0.15) is 0 Å². The van der Waals surface area contributed by atoms with E-state index in [4.69, 9.17) is 12.2 Å². The van der Waals surface area contributed by atoms with Crippen molar-refractivity contribution in [3.63, 3.8) is 0 Å². The van der Waals surface area contributed by atoms with Crippen LogP contribution in [-0.2, 0) is 0 Å². The molecule has 0 fully saturated rings. The first-order valence-electron chi connectivity index (χ1n) is 7.34. The lowest BCUT2D eigenvalue weighted by Crippen LogP contribution is -2.30. The maximum Gasteiger partial charge on any atom is 0.171 e. The molecule has 0 aliphatic carbocycles. The van der Waals surface area contributed by atoms with Crippen molar-refractivity contribution in [1.82, 2.24) is 5.32 Å². The molecule has 0 aromatic heterocycles. The van der Waals surface area contributed by atoms with Crippen molar-refractivity contribution < 1.29 is 0 Å². The quantitative estimate of drug-likeness (QED) is 0.674. The normalized spacial score (nSPS) is 11.9. The van der Waals surface area contributed by atoms with Gasteiger partial charge in [-0.1, -0.05) is 60.7 Å². The van der Waals surface area contributed by atoms with Crippen LogP contribution in [0.2, 0.25) is 0 Å². The Hall–Kier alpha value is -2.39. The Morgan fingerprint density at radius 2 is 1.55 bits per heavy atom. The highest BCUT2D eigenvalue weighted by Crippen LogP contribution is 2.24. The van der Waals surface area contributed by atoms with Crippen LogP contribution in [0.3, 0.4) is 0 Å². The molecule has 2 nitrogen and oxygen atoms in total. The minimum atomic E-state index is 0.134. The largest absolute Gasteiger partial charge is 0.356 e. The molecule has 0 saturated heterocycles. The van der Waals surface area contributed by atoms with Gasteiger partial charge in [-0.05, 0) is 47.6 Å². The highest BCUT2D eigenvalue weighted by atomic mass is 32.1. The van der Waals surface area contributed by atoms with Gasteiger partial charge in [0.2, 0.25) is 0 Å². The minimum absolute atomic E-state index is 0.134. The lowest BCUT2D eigenvalue weighted by Gasteiger charge is -2.19. The smallest absolute Gasteiger partial charge is 0.171 e. The van der Waals surface area contributed by atoms with Gasteiger partial charge >= 0.3 is 0 Å². The molecule has 0 unspecified atom stereocenters. The van der Waals surface area contributed by atoms with E-state index in [9.17, 15) is 0 Å². The van der Waals surface area contributed by atoms with E-state index >= 15 is 0 Å². The highest BCUT2D eigenvalue weighted by Gasteiger charge is 2.10. The molecule has 3 heteroatoms. The molecule has 0 bridgehead atoms. The summed E-state index contributed by atoms with van der Waals surface area (Å²) in [6.07, 6.45) is 0. The van der Waals surface area contributed by atoms with Gasteiger partial charge in [-0.3, -0.25) is 0 Å². The molecule has 0 radical (unpaired) electrons. The molecule has 2 N–H and O–H groups in total. The number of anilines is 1. The van der Waals surface area contributed by atoms with E-state index in [2.05, 4.69) is 60.0 Å². The van der Waals surface area contributed by atoms with Crippen LogP contribution < -0.4 is 10.6 Å². The monoisotopic (exact) mass is 306 g/mol. The number of nitrogens with one attached hydrogen (secondary N) is 2. The fourth-order valence-corrected chi connectivity index (χ4v) is 2.89. The van der Waals surface area contributed by atoms with Crippen LogP contribution in [0.25, 0.3) is 10.8 Å². The number of benzene rings is 3. The Bertz CT molecular complexity index is 778. The van der Waals surface area contributed by atoms with Gasteiger partial charge in [-0.25, -0.2) is 0 Å². The third kappa shape index (κ3) is 3.26. The molecular weight excluding hydrogens is 288 g/mol. The summed E-state index contributed by atoms with van der Waals surface area (Å²) in [4.78, 5) is 0. The molecule has 3 aromatic carbocycles. The van der Waals surface area contributed by atoms with Gasteiger partial charge in [0.05, 0.1) is 6.04 Å². The summed E-state index contributed by atoms with van der Waals surface area (Å²) < 4.78 is 0. The van der Waals surface area contributed by atoms with E-state index in [1.165, 1.54) is 16.3 Å². The van der Waals surface area contributed by atoms with Crippen LogP contribution >= 0.6 is 12.2 Å². The van der Waals surface area contributed by atoms with Gasteiger partial charge in [0.25, 0.3) is 0 Å². The third-order valence-electron chi connectivity index (χ3n) is 3.67. The number of para-hydroxylation sites is 1. The SMILES string of the molecule is C[C@H](NC(=S)Nc1ccccc1)c1cccc2ccccc12. The van der Waals surface area contributed by atoms with Crippen molar-refractivity contribution in [2.45, 2.75) is 13.0 Å². The molecule has 0 aliphatic rings. The van der Waals surface area contributed by atoms with Crippen LogP contribution in [-0.4, -0.2) is 5.11 Å².